The van der Waals surface area contributed by atoms with Crippen LogP contribution in [0, 0.1) is 0 Å². The molecule has 0 saturated carbocycles. The fourth-order valence-electron chi connectivity index (χ4n) is 4.11. The summed E-state index contributed by atoms with van der Waals surface area (Å²) in [4.78, 5) is 1.90. The van der Waals surface area contributed by atoms with Crippen molar-refractivity contribution in [1.29, 1.82) is 0 Å². The second kappa shape index (κ2) is 9.08. The highest BCUT2D eigenvalue weighted by atomic mass is 19.4. The smallest absolute Gasteiger partial charge is 0.416 e. The van der Waals surface area contributed by atoms with Gasteiger partial charge in [0.25, 0.3) is 0 Å². The fraction of sp³-hybridized carbons (Fsp3) is 0.308. The van der Waals surface area contributed by atoms with Crippen LogP contribution in [0.3, 0.4) is 0 Å². The second-order valence-electron chi connectivity index (χ2n) is 8.61. The monoisotopic (exact) mass is 457 g/mol. The molecule has 0 N–H and O–H groups in total. The number of halogens is 3. The lowest BCUT2D eigenvalue weighted by Gasteiger charge is -2.27. The lowest BCUT2D eigenvalue weighted by Crippen LogP contribution is -2.28. The van der Waals surface area contributed by atoms with Crippen molar-refractivity contribution in [2.24, 2.45) is 0 Å². The molecule has 1 saturated heterocycles. The molecule has 0 aromatic heterocycles. The zero-order valence-corrected chi connectivity index (χ0v) is 18.7. The molecule has 33 heavy (non-hydrogen) atoms. The van der Waals surface area contributed by atoms with Crippen LogP contribution in [0.25, 0.3) is 0 Å². The average molecular weight is 457 g/mol. The molecule has 7 heteroatoms. The summed E-state index contributed by atoms with van der Waals surface area (Å²) in [5, 5.41) is 0. The summed E-state index contributed by atoms with van der Waals surface area (Å²) in [6.45, 7) is 4.63. The topological polar surface area (TPSA) is 30.9 Å². The minimum atomic E-state index is -4.53. The third-order valence-electron chi connectivity index (χ3n) is 5.47. The van der Waals surface area contributed by atoms with E-state index in [2.05, 4.69) is 0 Å². The molecule has 1 aliphatic rings. The van der Waals surface area contributed by atoms with E-state index >= 15 is 0 Å². The van der Waals surface area contributed by atoms with Gasteiger partial charge in [-0.25, -0.2) is 0 Å². The number of hydrogen-bond donors (Lipinski definition) is 0. The number of benzene rings is 3. The Morgan fingerprint density at radius 2 is 1.61 bits per heavy atom. The molecule has 1 aliphatic heterocycles. The molecule has 0 aliphatic carbocycles. The molecule has 0 spiro atoms. The number of rotatable bonds is 6. The summed E-state index contributed by atoms with van der Waals surface area (Å²) in [6.07, 6.45) is -5.42. The molecular formula is C26H26F3NO3. The van der Waals surface area contributed by atoms with Crippen LogP contribution in [0.4, 0.5) is 13.2 Å². The summed E-state index contributed by atoms with van der Waals surface area (Å²) in [6, 6.07) is 20.9. The first kappa shape index (κ1) is 23.1. The largest absolute Gasteiger partial charge is 0.496 e. The van der Waals surface area contributed by atoms with E-state index in [9.17, 15) is 13.2 Å². The van der Waals surface area contributed by atoms with E-state index in [0.717, 1.165) is 17.4 Å². The number of hydrogen-bond acceptors (Lipinski definition) is 4. The lowest BCUT2D eigenvalue weighted by molar-refractivity contribution is -0.141. The van der Waals surface area contributed by atoms with Gasteiger partial charge in [-0.1, -0.05) is 36.4 Å². The van der Waals surface area contributed by atoms with E-state index in [1.807, 2.05) is 73.3 Å². The minimum absolute atomic E-state index is 0.00195. The molecule has 4 nitrogen and oxygen atoms in total. The van der Waals surface area contributed by atoms with E-state index in [1.165, 1.54) is 19.2 Å². The van der Waals surface area contributed by atoms with Gasteiger partial charge in [-0.3, -0.25) is 4.90 Å². The van der Waals surface area contributed by atoms with E-state index < -0.39 is 23.6 Å². The van der Waals surface area contributed by atoms with Crippen molar-refractivity contribution < 1.29 is 27.4 Å². The summed E-state index contributed by atoms with van der Waals surface area (Å²) in [5.41, 5.74) is -0.432. The second-order valence-corrected chi connectivity index (χ2v) is 8.61. The molecule has 1 heterocycles. The molecular weight excluding hydrogens is 431 g/mol. The predicted octanol–water partition coefficient (Wildman–Crippen LogP) is 6.82. The van der Waals surface area contributed by atoms with Crippen LogP contribution in [0.2, 0.25) is 0 Å². The van der Waals surface area contributed by atoms with Crippen LogP contribution < -0.4 is 9.47 Å². The molecule has 1 unspecified atom stereocenters. The van der Waals surface area contributed by atoms with Crippen molar-refractivity contribution >= 4 is 0 Å². The van der Waals surface area contributed by atoms with Crippen LogP contribution in [0.5, 0.6) is 17.2 Å². The molecule has 3 aromatic carbocycles. The van der Waals surface area contributed by atoms with Crippen molar-refractivity contribution in [1.82, 2.24) is 4.90 Å². The third kappa shape index (κ3) is 5.31. The third-order valence-corrected chi connectivity index (χ3v) is 5.47. The van der Waals surface area contributed by atoms with E-state index in [-0.39, 0.29) is 11.3 Å². The Balaban J connectivity index is 1.60. The molecule has 1 atom stereocenters. The van der Waals surface area contributed by atoms with E-state index in [4.69, 9.17) is 14.2 Å². The summed E-state index contributed by atoms with van der Waals surface area (Å²) in [5.74, 6) is 1.57. The maximum atomic E-state index is 13.8. The number of nitrogens with zero attached hydrogens (tertiary/aromatic N) is 1. The van der Waals surface area contributed by atoms with Crippen LogP contribution in [-0.4, -0.2) is 24.2 Å². The van der Waals surface area contributed by atoms with Gasteiger partial charge >= 0.3 is 6.18 Å². The number of methoxy groups -OCH3 is 1. The fourth-order valence-corrected chi connectivity index (χ4v) is 4.11. The normalized spacial score (nSPS) is 18.3. The Kier molecular flexibility index (Phi) is 6.36. The standard InChI is InChI=1S/C26H26F3NO3/c1-25(2)17-30(16-18-12-14-20(15-13-18)32-19-8-5-4-6-9-19)24(33-25)23-21(26(27,28)29)10-7-11-22(23)31-3/h4-15,24H,16-17H2,1-3H3. The Labute approximate surface area is 191 Å². The molecule has 4 rings (SSSR count). The number of alkyl halides is 3. The molecule has 0 amide bonds. The van der Waals surface area contributed by atoms with Gasteiger partial charge in [0.2, 0.25) is 0 Å². The van der Waals surface area contributed by atoms with Crippen LogP contribution >= 0.6 is 0 Å². The highest BCUT2D eigenvalue weighted by Crippen LogP contribution is 2.46. The van der Waals surface area contributed by atoms with Crippen molar-refractivity contribution in [2.75, 3.05) is 13.7 Å². The average Bonchev–Trinajstić information content (AvgIpc) is 3.08. The Hall–Kier alpha value is -3.03. The number of ether oxygens (including phenoxy) is 3. The quantitative estimate of drug-likeness (QED) is 0.407. The Morgan fingerprint density at radius 1 is 0.939 bits per heavy atom. The van der Waals surface area contributed by atoms with Crippen molar-refractivity contribution in [2.45, 2.75) is 38.4 Å². The van der Waals surface area contributed by atoms with Gasteiger partial charge < -0.3 is 14.2 Å². The molecule has 174 valence electrons. The Morgan fingerprint density at radius 3 is 2.24 bits per heavy atom. The van der Waals surface area contributed by atoms with Crippen molar-refractivity contribution in [3.63, 3.8) is 0 Å². The maximum Gasteiger partial charge on any atom is 0.416 e. The van der Waals surface area contributed by atoms with E-state index in [1.54, 1.807) is 0 Å². The van der Waals surface area contributed by atoms with E-state index in [0.29, 0.717) is 18.8 Å². The van der Waals surface area contributed by atoms with Crippen LogP contribution in [-0.2, 0) is 17.5 Å². The molecule has 3 aromatic rings. The van der Waals surface area contributed by atoms with Gasteiger partial charge in [0.15, 0.2) is 0 Å². The van der Waals surface area contributed by atoms with Crippen LogP contribution in [0.1, 0.15) is 36.8 Å². The molecule has 1 fully saturated rings. The summed E-state index contributed by atoms with van der Waals surface area (Å²) in [7, 11) is 1.37. The first-order chi connectivity index (χ1) is 15.7. The SMILES string of the molecule is COc1cccc(C(F)(F)F)c1C1OC(C)(C)CN1Cc1ccc(Oc2ccccc2)cc1. The highest BCUT2D eigenvalue weighted by Gasteiger charge is 2.45. The summed E-state index contributed by atoms with van der Waals surface area (Å²) < 4.78 is 58.8. The van der Waals surface area contributed by atoms with Gasteiger partial charge in [-0.2, -0.15) is 13.2 Å². The zero-order chi connectivity index (χ0) is 23.6. The molecule has 0 radical (unpaired) electrons. The highest BCUT2D eigenvalue weighted by molar-refractivity contribution is 5.44. The van der Waals surface area contributed by atoms with Crippen molar-refractivity contribution in [3.8, 4) is 17.2 Å². The maximum absolute atomic E-state index is 13.8. The minimum Gasteiger partial charge on any atom is -0.496 e. The lowest BCUT2D eigenvalue weighted by atomic mass is 10.0. The van der Waals surface area contributed by atoms with Gasteiger partial charge in [0.05, 0.1) is 18.3 Å². The number of para-hydroxylation sites is 1. The predicted molar refractivity (Wildman–Crippen MR) is 119 cm³/mol. The van der Waals surface area contributed by atoms with Gasteiger partial charge in [0.1, 0.15) is 23.5 Å². The van der Waals surface area contributed by atoms with Crippen molar-refractivity contribution in [3.05, 3.63) is 89.5 Å². The van der Waals surface area contributed by atoms with Crippen LogP contribution in [0.15, 0.2) is 72.8 Å². The van der Waals surface area contributed by atoms with Gasteiger partial charge in [-0.15, -0.1) is 0 Å². The van der Waals surface area contributed by atoms with Gasteiger partial charge in [-0.05, 0) is 55.8 Å². The summed E-state index contributed by atoms with van der Waals surface area (Å²) >= 11 is 0. The molecule has 0 bridgehead atoms. The first-order valence-electron chi connectivity index (χ1n) is 10.6. The zero-order valence-electron chi connectivity index (χ0n) is 18.7. The first-order valence-corrected chi connectivity index (χ1v) is 10.6. The Bertz CT molecular complexity index is 1080. The van der Waals surface area contributed by atoms with Gasteiger partial charge in [0, 0.05) is 18.7 Å².